The summed E-state index contributed by atoms with van der Waals surface area (Å²) in [5.74, 6) is 0.0935. The van der Waals surface area contributed by atoms with Crippen molar-refractivity contribution in [3.63, 3.8) is 0 Å². The standard InChI is InChI=1S/C15H15N5O2S2/c1-10(14(22)16-9-13-3-2-8-23-13)24-15-17-18-19-20(15)11-4-6-12(21)7-5-11/h2-8,10,21H,9H2,1H3,(H,16,22)/t10-/m0/s1. The Morgan fingerprint density at radius 1 is 1.38 bits per heavy atom. The third-order valence-electron chi connectivity index (χ3n) is 3.20. The number of nitrogens with one attached hydrogen (secondary N) is 1. The Morgan fingerprint density at radius 3 is 2.88 bits per heavy atom. The number of benzene rings is 1. The number of rotatable bonds is 6. The fourth-order valence-corrected chi connectivity index (χ4v) is 3.43. The molecule has 1 atom stereocenters. The summed E-state index contributed by atoms with van der Waals surface area (Å²) in [7, 11) is 0. The Bertz CT molecular complexity index is 802. The molecule has 0 aliphatic rings. The van der Waals surface area contributed by atoms with Crippen LogP contribution in [0.4, 0.5) is 0 Å². The number of hydrogen-bond donors (Lipinski definition) is 2. The van der Waals surface area contributed by atoms with Gasteiger partial charge in [-0.2, -0.15) is 4.68 Å². The Balaban J connectivity index is 1.64. The summed E-state index contributed by atoms with van der Waals surface area (Å²) in [6, 6.07) is 10.5. The van der Waals surface area contributed by atoms with E-state index < -0.39 is 0 Å². The average molecular weight is 361 g/mol. The van der Waals surface area contributed by atoms with Crippen LogP contribution in [0.1, 0.15) is 11.8 Å². The predicted molar refractivity (Wildman–Crippen MR) is 92.3 cm³/mol. The van der Waals surface area contributed by atoms with Gasteiger partial charge in [0.15, 0.2) is 0 Å². The van der Waals surface area contributed by atoms with Gasteiger partial charge in [0.05, 0.1) is 17.5 Å². The minimum atomic E-state index is -0.341. The molecule has 0 bridgehead atoms. The van der Waals surface area contributed by atoms with Gasteiger partial charge in [-0.05, 0) is 53.1 Å². The number of thioether (sulfide) groups is 1. The van der Waals surface area contributed by atoms with Crippen LogP contribution in [-0.4, -0.2) is 36.5 Å². The normalized spacial score (nSPS) is 12.0. The van der Waals surface area contributed by atoms with E-state index in [-0.39, 0.29) is 16.9 Å². The second-order valence-electron chi connectivity index (χ2n) is 4.95. The van der Waals surface area contributed by atoms with Gasteiger partial charge in [-0.3, -0.25) is 4.79 Å². The van der Waals surface area contributed by atoms with Gasteiger partial charge in [-0.1, -0.05) is 17.8 Å². The zero-order valence-corrected chi connectivity index (χ0v) is 14.4. The molecule has 2 N–H and O–H groups in total. The maximum absolute atomic E-state index is 12.2. The number of phenols is 1. The van der Waals surface area contributed by atoms with Gasteiger partial charge in [-0.15, -0.1) is 16.4 Å². The van der Waals surface area contributed by atoms with E-state index in [0.717, 1.165) is 4.88 Å². The van der Waals surface area contributed by atoms with Crippen molar-refractivity contribution < 1.29 is 9.90 Å². The lowest BCUT2D eigenvalue weighted by Gasteiger charge is -2.11. The number of nitrogens with zero attached hydrogens (tertiary/aromatic N) is 4. The van der Waals surface area contributed by atoms with Crippen LogP contribution in [-0.2, 0) is 11.3 Å². The molecule has 1 amide bonds. The monoisotopic (exact) mass is 361 g/mol. The average Bonchev–Trinajstić information content (AvgIpc) is 3.25. The van der Waals surface area contributed by atoms with E-state index in [1.807, 2.05) is 24.4 Å². The third kappa shape index (κ3) is 3.92. The van der Waals surface area contributed by atoms with E-state index in [2.05, 4.69) is 20.8 Å². The van der Waals surface area contributed by atoms with Crippen LogP contribution >= 0.6 is 23.1 Å². The molecule has 0 spiro atoms. The summed E-state index contributed by atoms with van der Waals surface area (Å²) in [5, 5.41) is 26.0. The molecule has 0 unspecified atom stereocenters. The van der Waals surface area contributed by atoms with Crippen LogP contribution < -0.4 is 5.32 Å². The molecule has 0 saturated carbocycles. The predicted octanol–water partition coefficient (Wildman–Crippen LogP) is 2.23. The van der Waals surface area contributed by atoms with Gasteiger partial charge in [0.2, 0.25) is 11.1 Å². The topological polar surface area (TPSA) is 92.9 Å². The molecule has 3 aromatic rings. The van der Waals surface area contributed by atoms with Gasteiger partial charge in [0, 0.05) is 4.88 Å². The largest absolute Gasteiger partial charge is 0.508 e. The molecule has 2 heterocycles. The highest BCUT2D eigenvalue weighted by Gasteiger charge is 2.19. The first-order valence-electron chi connectivity index (χ1n) is 7.18. The van der Waals surface area contributed by atoms with Crippen molar-refractivity contribution >= 4 is 29.0 Å². The summed E-state index contributed by atoms with van der Waals surface area (Å²) in [5.41, 5.74) is 0.714. The number of tetrazole rings is 1. The van der Waals surface area contributed by atoms with Crippen LogP contribution in [0.5, 0.6) is 5.75 Å². The zero-order valence-electron chi connectivity index (χ0n) is 12.8. The van der Waals surface area contributed by atoms with E-state index in [4.69, 9.17) is 0 Å². The minimum absolute atomic E-state index is 0.0753. The van der Waals surface area contributed by atoms with Crippen molar-refractivity contribution in [1.29, 1.82) is 0 Å². The third-order valence-corrected chi connectivity index (χ3v) is 5.11. The molecule has 24 heavy (non-hydrogen) atoms. The lowest BCUT2D eigenvalue weighted by atomic mass is 10.3. The van der Waals surface area contributed by atoms with Gasteiger partial charge in [0.25, 0.3) is 0 Å². The van der Waals surface area contributed by atoms with Gasteiger partial charge in [0.1, 0.15) is 5.75 Å². The number of carbonyl (C=O) groups excluding carboxylic acids is 1. The number of thiophene rings is 1. The molecule has 0 aliphatic carbocycles. The zero-order chi connectivity index (χ0) is 16.9. The van der Waals surface area contributed by atoms with Crippen molar-refractivity contribution in [1.82, 2.24) is 25.5 Å². The van der Waals surface area contributed by atoms with Crippen molar-refractivity contribution in [2.75, 3.05) is 0 Å². The summed E-state index contributed by atoms with van der Waals surface area (Å²) in [4.78, 5) is 13.3. The fourth-order valence-electron chi connectivity index (χ4n) is 1.95. The molecule has 0 radical (unpaired) electrons. The summed E-state index contributed by atoms with van der Waals surface area (Å²) in [6.07, 6.45) is 0. The first kappa shape index (κ1) is 16.5. The molecule has 0 aliphatic heterocycles. The molecule has 9 heteroatoms. The molecular weight excluding hydrogens is 346 g/mol. The quantitative estimate of drug-likeness (QED) is 0.654. The number of aromatic nitrogens is 4. The molecule has 0 saturated heterocycles. The smallest absolute Gasteiger partial charge is 0.233 e. The molecule has 0 fully saturated rings. The van der Waals surface area contributed by atoms with Crippen LogP contribution in [0.2, 0.25) is 0 Å². The van der Waals surface area contributed by atoms with Crippen molar-refractivity contribution in [2.45, 2.75) is 23.9 Å². The first-order chi connectivity index (χ1) is 11.6. The molecular formula is C15H15N5O2S2. The lowest BCUT2D eigenvalue weighted by molar-refractivity contribution is -0.120. The van der Waals surface area contributed by atoms with Crippen LogP contribution in [0.3, 0.4) is 0 Å². The highest BCUT2D eigenvalue weighted by molar-refractivity contribution is 8.00. The van der Waals surface area contributed by atoms with E-state index >= 15 is 0 Å². The minimum Gasteiger partial charge on any atom is -0.508 e. The summed E-state index contributed by atoms with van der Waals surface area (Å²) in [6.45, 7) is 2.33. The van der Waals surface area contributed by atoms with Gasteiger partial charge < -0.3 is 10.4 Å². The van der Waals surface area contributed by atoms with E-state index in [1.54, 1.807) is 35.6 Å². The van der Waals surface area contributed by atoms with E-state index in [9.17, 15) is 9.90 Å². The number of aromatic hydroxyl groups is 1. The highest BCUT2D eigenvalue weighted by atomic mass is 32.2. The number of hydrogen-bond acceptors (Lipinski definition) is 7. The van der Waals surface area contributed by atoms with Crippen molar-refractivity contribution in [3.8, 4) is 11.4 Å². The molecule has 2 aromatic heterocycles. The summed E-state index contributed by atoms with van der Waals surface area (Å²) >= 11 is 2.88. The maximum atomic E-state index is 12.2. The van der Waals surface area contributed by atoms with Gasteiger partial charge in [-0.25, -0.2) is 0 Å². The van der Waals surface area contributed by atoms with Crippen molar-refractivity contribution in [2.24, 2.45) is 0 Å². The second-order valence-corrected chi connectivity index (χ2v) is 7.29. The lowest BCUT2D eigenvalue weighted by Crippen LogP contribution is -2.30. The molecule has 1 aromatic carbocycles. The SMILES string of the molecule is C[C@H](Sc1nnnn1-c1ccc(O)cc1)C(=O)NCc1cccs1. The Labute approximate surface area is 146 Å². The summed E-state index contributed by atoms with van der Waals surface area (Å²) < 4.78 is 1.53. The fraction of sp³-hybridized carbons (Fsp3) is 0.200. The Morgan fingerprint density at radius 2 is 2.17 bits per heavy atom. The van der Waals surface area contributed by atoms with Crippen LogP contribution in [0.25, 0.3) is 5.69 Å². The highest BCUT2D eigenvalue weighted by Crippen LogP contribution is 2.23. The molecule has 3 rings (SSSR count). The Hall–Kier alpha value is -2.39. The number of carbonyl (C=O) groups is 1. The number of phenolic OH excluding ortho intramolecular Hbond substituents is 1. The van der Waals surface area contributed by atoms with Crippen LogP contribution in [0, 0.1) is 0 Å². The molecule has 7 nitrogen and oxygen atoms in total. The first-order valence-corrected chi connectivity index (χ1v) is 8.94. The van der Waals surface area contributed by atoms with Crippen molar-refractivity contribution in [3.05, 3.63) is 46.7 Å². The van der Waals surface area contributed by atoms with E-state index in [1.165, 1.54) is 16.4 Å². The van der Waals surface area contributed by atoms with E-state index in [0.29, 0.717) is 17.4 Å². The van der Waals surface area contributed by atoms with Crippen LogP contribution in [0.15, 0.2) is 46.9 Å². The Kier molecular flexibility index (Phi) is 5.11. The molecule has 124 valence electrons. The maximum Gasteiger partial charge on any atom is 0.233 e. The number of amides is 1. The second kappa shape index (κ2) is 7.45. The van der Waals surface area contributed by atoms with Gasteiger partial charge >= 0.3 is 0 Å².